The van der Waals surface area contributed by atoms with Gasteiger partial charge in [-0.25, -0.2) is 4.68 Å². The molecule has 1 N–H and O–H groups in total. The Morgan fingerprint density at radius 2 is 2.39 bits per heavy atom. The van der Waals surface area contributed by atoms with Crippen LogP contribution >= 0.6 is 11.8 Å². The normalized spacial score (nSPS) is 10.1. The monoisotopic (exact) mass is 268 g/mol. The number of nitrogens with zero attached hydrogens (tertiary/aromatic N) is 3. The van der Waals surface area contributed by atoms with Crippen molar-refractivity contribution in [3.05, 3.63) is 15.8 Å². The number of aromatic nitrogens is 2. The van der Waals surface area contributed by atoms with Crippen molar-refractivity contribution in [3.8, 4) is 12.3 Å². The molecule has 0 fully saturated rings. The Labute approximate surface area is 110 Å². The minimum Gasteiger partial charge on any atom is -0.364 e. The maximum Gasteiger partial charge on any atom is 0.333 e. The summed E-state index contributed by atoms with van der Waals surface area (Å²) in [5.41, 5.74) is 0.486. The van der Waals surface area contributed by atoms with E-state index >= 15 is 0 Å². The zero-order chi connectivity index (χ0) is 13.5. The molecule has 0 atom stereocenters. The molecule has 1 rings (SSSR count). The first-order chi connectivity index (χ1) is 8.61. The fourth-order valence-corrected chi connectivity index (χ4v) is 2.08. The SMILES string of the molecule is C#CCSCCNc1c([N+](=O)[O-])c(C)nn1CC. The van der Waals surface area contributed by atoms with Crippen LogP contribution in [0.15, 0.2) is 0 Å². The van der Waals surface area contributed by atoms with E-state index in [1.165, 1.54) is 0 Å². The fourth-order valence-electron chi connectivity index (χ4n) is 1.57. The van der Waals surface area contributed by atoms with E-state index in [0.29, 0.717) is 30.4 Å². The third-order valence-corrected chi connectivity index (χ3v) is 3.17. The van der Waals surface area contributed by atoms with Crippen molar-refractivity contribution in [1.29, 1.82) is 0 Å². The van der Waals surface area contributed by atoms with Crippen LogP contribution < -0.4 is 5.32 Å². The molecular weight excluding hydrogens is 252 g/mol. The lowest BCUT2D eigenvalue weighted by Gasteiger charge is -2.06. The molecule has 7 heteroatoms. The van der Waals surface area contributed by atoms with E-state index in [1.54, 1.807) is 23.4 Å². The van der Waals surface area contributed by atoms with Crippen molar-refractivity contribution in [2.45, 2.75) is 20.4 Å². The third-order valence-electron chi connectivity index (χ3n) is 2.30. The molecule has 0 aliphatic carbocycles. The van der Waals surface area contributed by atoms with E-state index < -0.39 is 4.92 Å². The molecule has 0 spiro atoms. The highest BCUT2D eigenvalue weighted by Gasteiger charge is 2.24. The van der Waals surface area contributed by atoms with Crippen molar-refractivity contribution in [3.63, 3.8) is 0 Å². The zero-order valence-electron chi connectivity index (χ0n) is 10.5. The molecule has 0 amide bonds. The van der Waals surface area contributed by atoms with E-state index in [2.05, 4.69) is 16.3 Å². The molecule has 0 radical (unpaired) electrons. The largest absolute Gasteiger partial charge is 0.364 e. The molecule has 0 saturated heterocycles. The number of rotatable bonds is 7. The number of nitro groups is 1. The predicted octanol–water partition coefficient (Wildman–Crippen LogP) is 1.90. The molecule has 0 aliphatic heterocycles. The van der Waals surface area contributed by atoms with Gasteiger partial charge in [-0.2, -0.15) is 5.10 Å². The van der Waals surface area contributed by atoms with E-state index in [-0.39, 0.29) is 5.69 Å². The van der Waals surface area contributed by atoms with E-state index in [9.17, 15) is 10.1 Å². The Hall–Kier alpha value is -1.68. The molecule has 1 heterocycles. The fraction of sp³-hybridized carbons (Fsp3) is 0.545. The summed E-state index contributed by atoms with van der Waals surface area (Å²) in [5, 5.41) is 18.2. The smallest absolute Gasteiger partial charge is 0.333 e. The number of hydrogen-bond donors (Lipinski definition) is 1. The van der Waals surface area contributed by atoms with Gasteiger partial charge in [0.05, 0.1) is 10.7 Å². The molecule has 0 aromatic carbocycles. The average Bonchev–Trinajstić information content (AvgIpc) is 2.65. The van der Waals surface area contributed by atoms with Gasteiger partial charge in [0.2, 0.25) is 5.82 Å². The number of thioether (sulfide) groups is 1. The molecule has 0 unspecified atom stereocenters. The number of anilines is 1. The van der Waals surface area contributed by atoms with Crippen molar-refractivity contribution in [2.24, 2.45) is 0 Å². The molecular formula is C11H16N4O2S. The quantitative estimate of drug-likeness (QED) is 0.354. The highest BCUT2D eigenvalue weighted by molar-refractivity contribution is 7.99. The number of nitrogens with one attached hydrogen (secondary N) is 1. The highest BCUT2D eigenvalue weighted by atomic mass is 32.2. The van der Waals surface area contributed by atoms with Crippen LogP contribution in [0.5, 0.6) is 0 Å². The van der Waals surface area contributed by atoms with Gasteiger partial charge in [0.15, 0.2) is 0 Å². The maximum atomic E-state index is 11.0. The summed E-state index contributed by atoms with van der Waals surface area (Å²) in [6, 6.07) is 0. The Morgan fingerprint density at radius 1 is 1.67 bits per heavy atom. The lowest BCUT2D eigenvalue weighted by Crippen LogP contribution is -2.11. The molecule has 0 saturated carbocycles. The summed E-state index contributed by atoms with van der Waals surface area (Å²) in [7, 11) is 0. The summed E-state index contributed by atoms with van der Waals surface area (Å²) in [5.74, 6) is 4.46. The van der Waals surface area contributed by atoms with Crippen LogP contribution in [-0.2, 0) is 6.54 Å². The van der Waals surface area contributed by atoms with E-state index in [0.717, 1.165) is 5.75 Å². The Kier molecular flexibility index (Phi) is 5.52. The predicted molar refractivity (Wildman–Crippen MR) is 73.9 cm³/mol. The van der Waals surface area contributed by atoms with Crippen LogP contribution in [0.4, 0.5) is 11.5 Å². The summed E-state index contributed by atoms with van der Waals surface area (Å²) in [6.07, 6.45) is 5.14. The first-order valence-corrected chi connectivity index (χ1v) is 6.74. The van der Waals surface area contributed by atoms with E-state index in [1.807, 2.05) is 6.92 Å². The van der Waals surface area contributed by atoms with Gasteiger partial charge in [0, 0.05) is 18.8 Å². The van der Waals surface area contributed by atoms with Crippen molar-refractivity contribution in [2.75, 3.05) is 23.4 Å². The van der Waals surface area contributed by atoms with Gasteiger partial charge in [-0.3, -0.25) is 10.1 Å². The van der Waals surface area contributed by atoms with Gasteiger partial charge in [-0.1, -0.05) is 5.92 Å². The second-order valence-electron chi connectivity index (χ2n) is 3.54. The molecule has 18 heavy (non-hydrogen) atoms. The zero-order valence-corrected chi connectivity index (χ0v) is 11.3. The second kappa shape index (κ2) is 6.91. The first-order valence-electron chi connectivity index (χ1n) is 5.58. The Balaban J connectivity index is 2.74. The van der Waals surface area contributed by atoms with Crippen LogP contribution in [0.3, 0.4) is 0 Å². The first kappa shape index (κ1) is 14.4. The third kappa shape index (κ3) is 3.40. The standard InChI is InChI=1S/C11H16N4O2S/c1-4-7-18-8-6-12-11-10(15(16)17)9(3)13-14(11)5-2/h1,12H,5-8H2,2-3H3. The Morgan fingerprint density at radius 3 is 2.94 bits per heavy atom. The van der Waals surface area contributed by atoms with Gasteiger partial charge >= 0.3 is 5.69 Å². The molecule has 1 aromatic heterocycles. The van der Waals surface area contributed by atoms with Gasteiger partial charge in [-0.05, 0) is 13.8 Å². The van der Waals surface area contributed by atoms with Crippen LogP contribution in [0.1, 0.15) is 12.6 Å². The molecule has 1 aromatic rings. The minimum atomic E-state index is -0.397. The van der Waals surface area contributed by atoms with Gasteiger partial charge < -0.3 is 5.32 Å². The molecule has 98 valence electrons. The number of aryl methyl sites for hydroxylation is 2. The summed E-state index contributed by atoms with van der Waals surface area (Å²) in [6.45, 7) is 4.75. The lowest BCUT2D eigenvalue weighted by molar-refractivity contribution is -0.384. The summed E-state index contributed by atoms with van der Waals surface area (Å²) >= 11 is 1.61. The van der Waals surface area contributed by atoms with Crippen LogP contribution in [0.2, 0.25) is 0 Å². The van der Waals surface area contributed by atoms with Crippen LogP contribution in [-0.4, -0.2) is 32.8 Å². The molecule has 0 aliphatic rings. The molecule has 0 bridgehead atoms. The van der Waals surface area contributed by atoms with E-state index in [4.69, 9.17) is 6.42 Å². The van der Waals surface area contributed by atoms with Gasteiger partial charge in [0.1, 0.15) is 5.69 Å². The van der Waals surface area contributed by atoms with Gasteiger partial charge in [-0.15, -0.1) is 18.2 Å². The molecule has 6 nitrogen and oxygen atoms in total. The van der Waals surface area contributed by atoms with Crippen LogP contribution in [0.25, 0.3) is 0 Å². The van der Waals surface area contributed by atoms with Gasteiger partial charge in [0.25, 0.3) is 0 Å². The van der Waals surface area contributed by atoms with Crippen molar-refractivity contribution in [1.82, 2.24) is 9.78 Å². The summed E-state index contributed by atoms with van der Waals surface area (Å²) < 4.78 is 1.61. The number of terminal acetylenes is 1. The number of hydrogen-bond acceptors (Lipinski definition) is 5. The second-order valence-corrected chi connectivity index (χ2v) is 4.64. The average molecular weight is 268 g/mol. The van der Waals surface area contributed by atoms with Crippen molar-refractivity contribution >= 4 is 23.3 Å². The lowest BCUT2D eigenvalue weighted by atomic mass is 10.4. The minimum absolute atomic E-state index is 0.0544. The Bertz CT molecular complexity index is 464. The highest BCUT2D eigenvalue weighted by Crippen LogP contribution is 2.27. The van der Waals surface area contributed by atoms with Crippen molar-refractivity contribution < 1.29 is 4.92 Å². The van der Waals surface area contributed by atoms with Crippen LogP contribution in [0, 0.1) is 29.4 Å². The topological polar surface area (TPSA) is 73.0 Å². The summed E-state index contributed by atoms with van der Waals surface area (Å²) in [4.78, 5) is 10.6. The maximum absolute atomic E-state index is 11.0.